The number of nitrogens with zero attached hydrogens (tertiary/aromatic N) is 2. The Bertz CT molecular complexity index is 225. The first-order chi connectivity index (χ1) is 7.74. The van der Waals surface area contributed by atoms with Gasteiger partial charge in [-0.1, -0.05) is 37.6 Å². The van der Waals surface area contributed by atoms with Gasteiger partial charge in [0.05, 0.1) is 13.1 Å². The summed E-state index contributed by atoms with van der Waals surface area (Å²) < 4.78 is 0. The molecular formula is C14H26N2. The van der Waals surface area contributed by atoms with Gasteiger partial charge in [0.1, 0.15) is 0 Å². The second-order valence-corrected chi connectivity index (χ2v) is 3.95. The van der Waals surface area contributed by atoms with Crippen molar-refractivity contribution < 1.29 is 0 Å². The van der Waals surface area contributed by atoms with E-state index in [0.717, 1.165) is 19.5 Å². The normalized spacial score (nSPS) is 12.9. The summed E-state index contributed by atoms with van der Waals surface area (Å²) in [4.78, 5) is 0. The average molecular weight is 222 g/mol. The van der Waals surface area contributed by atoms with E-state index in [1.807, 2.05) is 13.8 Å². The van der Waals surface area contributed by atoms with E-state index in [9.17, 15) is 0 Å². The zero-order valence-corrected chi connectivity index (χ0v) is 11.2. The van der Waals surface area contributed by atoms with Crippen molar-refractivity contribution in [3.8, 4) is 0 Å². The van der Waals surface area contributed by atoms with Crippen LogP contribution in [0.2, 0.25) is 0 Å². The standard InChI is InChI=1S/C14H26N2/c1-5-8-11-14(4)15-16(12-9-6-2)13-10-7-3/h6-7,9-10H,5,8,11-13H2,1-4H3/b9-6-,10-7+,15-14?. The molecule has 0 saturated carbocycles. The third-order valence-corrected chi connectivity index (χ3v) is 2.31. The van der Waals surface area contributed by atoms with Gasteiger partial charge in [-0.3, -0.25) is 5.01 Å². The molecule has 0 heterocycles. The first kappa shape index (κ1) is 14.9. The molecule has 0 bridgehead atoms. The van der Waals surface area contributed by atoms with Gasteiger partial charge in [0.2, 0.25) is 0 Å². The Morgan fingerprint density at radius 1 is 1.12 bits per heavy atom. The van der Waals surface area contributed by atoms with Crippen molar-refractivity contribution >= 4 is 5.71 Å². The van der Waals surface area contributed by atoms with Gasteiger partial charge in [-0.05, 0) is 33.6 Å². The molecule has 0 saturated heterocycles. The molecule has 0 spiro atoms. The molecule has 92 valence electrons. The van der Waals surface area contributed by atoms with E-state index in [1.54, 1.807) is 0 Å². The van der Waals surface area contributed by atoms with Gasteiger partial charge in [0, 0.05) is 5.71 Å². The highest BCUT2D eigenvalue weighted by Crippen LogP contribution is 2.00. The Hall–Kier alpha value is -1.05. The Morgan fingerprint density at radius 2 is 1.69 bits per heavy atom. The maximum atomic E-state index is 4.64. The molecular weight excluding hydrogens is 196 g/mol. The highest BCUT2D eigenvalue weighted by atomic mass is 15.4. The summed E-state index contributed by atoms with van der Waals surface area (Å²) in [6, 6.07) is 0. The van der Waals surface area contributed by atoms with Crippen molar-refractivity contribution in [2.45, 2.75) is 47.0 Å². The summed E-state index contributed by atoms with van der Waals surface area (Å²) in [5, 5.41) is 6.74. The van der Waals surface area contributed by atoms with E-state index in [-0.39, 0.29) is 0 Å². The summed E-state index contributed by atoms with van der Waals surface area (Å²) >= 11 is 0. The van der Waals surface area contributed by atoms with E-state index < -0.39 is 0 Å². The molecule has 0 aliphatic rings. The van der Waals surface area contributed by atoms with Crippen molar-refractivity contribution in [2.24, 2.45) is 5.10 Å². The fourth-order valence-electron chi connectivity index (χ4n) is 1.33. The van der Waals surface area contributed by atoms with Crippen molar-refractivity contribution in [1.29, 1.82) is 0 Å². The molecule has 2 heteroatoms. The second-order valence-electron chi connectivity index (χ2n) is 3.95. The summed E-state index contributed by atoms with van der Waals surface area (Å²) in [7, 11) is 0. The molecule has 16 heavy (non-hydrogen) atoms. The smallest absolute Gasteiger partial charge is 0.0544 e. The Labute approximate surface area is 101 Å². The molecule has 0 aromatic carbocycles. The van der Waals surface area contributed by atoms with Gasteiger partial charge < -0.3 is 0 Å². The average Bonchev–Trinajstić information content (AvgIpc) is 2.30. The van der Waals surface area contributed by atoms with Crippen molar-refractivity contribution in [3.05, 3.63) is 24.3 Å². The number of allylic oxidation sites excluding steroid dienone is 2. The highest BCUT2D eigenvalue weighted by Gasteiger charge is 1.97. The van der Waals surface area contributed by atoms with Crippen LogP contribution < -0.4 is 0 Å². The molecule has 0 atom stereocenters. The van der Waals surface area contributed by atoms with Gasteiger partial charge in [0.15, 0.2) is 0 Å². The van der Waals surface area contributed by atoms with Gasteiger partial charge in [-0.25, -0.2) is 0 Å². The Balaban J connectivity index is 4.25. The lowest BCUT2D eigenvalue weighted by molar-refractivity contribution is 0.354. The lowest BCUT2D eigenvalue weighted by Gasteiger charge is -2.16. The van der Waals surface area contributed by atoms with Crippen LogP contribution in [0, 0.1) is 0 Å². The molecule has 0 aliphatic heterocycles. The van der Waals surface area contributed by atoms with Crippen molar-refractivity contribution in [2.75, 3.05) is 13.1 Å². The fourth-order valence-corrected chi connectivity index (χ4v) is 1.33. The zero-order valence-electron chi connectivity index (χ0n) is 11.2. The van der Waals surface area contributed by atoms with Crippen LogP contribution in [0.3, 0.4) is 0 Å². The maximum Gasteiger partial charge on any atom is 0.0544 e. The third-order valence-electron chi connectivity index (χ3n) is 2.31. The number of rotatable bonds is 8. The van der Waals surface area contributed by atoms with E-state index in [4.69, 9.17) is 0 Å². The van der Waals surface area contributed by atoms with Crippen LogP contribution in [-0.4, -0.2) is 23.8 Å². The van der Waals surface area contributed by atoms with Gasteiger partial charge in [0.25, 0.3) is 0 Å². The summed E-state index contributed by atoms with van der Waals surface area (Å²) in [5.41, 5.74) is 1.23. The SMILES string of the molecule is C/C=C\CN(C/C=C/C)N=C(C)CCCC. The quantitative estimate of drug-likeness (QED) is 0.344. The molecule has 0 aromatic rings. The van der Waals surface area contributed by atoms with E-state index in [1.165, 1.54) is 18.6 Å². The van der Waals surface area contributed by atoms with Crippen LogP contribution in [0.15, 0.2) is 29.4 Å². The first-order valence-corrected chi connectivity index (χ1v) is 6.25. The Kier molecular flexibility index (Phi) is 9.78. The topological polar surface area (TPSA) is 15.6 Å². The zero-order chi connectivity index (χ0) is 12.2. The monoisotopic (exact) mass is 222 g/mol. The molecule has 0 rings (SSSR count). The van der Waals surface area contributed by atoms with Crippen LogP contribution in [-0.2, 0) is 0 Å². The van der Waals surface area contributed by atoms with Gasteiger partial charge >= 0.3 is 0 Å². The van der Waals surface area contributed by atoms with E-state index in [0.29, 0.717) is 0 Å². The highest BCUT2D eigenvalue weighted by molar-refractivity contribution is 5.81. The van der Waals surface area contributed by atoms with Crippen molar-refractivity contribution in [1.82, 2.24) is 5.01 Å². The predicted octanol–water partition coefficient (Wildman–Crippen LogP) is 4.01. The molecule has 2 nitrogen and oxygen atoms in total. The third kappa shape index (κ3) is 8.27. The van der Waals surface area contributed by atoms with Crippen LogP contribution in [0.25, 0.3) is 0 Å². The van der Waals surface area contributed by atoms with E-state index in [2.05, 4.69) is 48.3 Å². The minimum Gasteiger partial charge on any atom is -0.290 e. The molecule has 0 amide bonds. The summed E-state index contributed by atoms with van der Waals surface area (Å²) in [6.45, 7) is 10.2. The molecule has 0 fully saturated rings. The second kappa shape index (κ2) is 10.5. The Morgan fingerprint density at radius 3 is 2.12 bits per heavy atom. The number of hydrazone groups is 1. The van der Waals surface area contributed by atoms with Crippen LogP contribution in [0.1, 0.15) is 47.0 Å². The number of hydrogen-bond donors (Lipinski definition) is 0. The minimum absolute atomic E-state index is 0.893. The van der Waals surface area contributed by atoms with Crippen LogP contribution >= 0.6 is 0 Å². The van der Waals surface area contributed by atoms with Gasteiger partial charge in [-0.2, -0.15) is 5.10 Å². The van der Waals surface area contributed by atoms with Crippen LogP contribution in [0.4, 0.5) is 0 Å². The molecule has 0 aliphatic carbocycles. The van der Waals surface area contributed by atoms with Crippen molar-refractivity contribution in [3.63, 3.8) is 0 Å². The summed E-state index contributed by atoms with van der Waals surface area (Å²) in [6.07, 6.45) is 12.0. The largest absolute Gasteiger partial charge is 0.290 e. The van der Waals surface area contributed by atoms with Gasteiger partial charge in [-0.15, -0.1) is 0 Å². The molecule has 0 radical (unpaired) electrons. The maximum absolute atomic E-state index is 4.64. The summed E-state index contributed by atoms with van der Waals surface area (Å²) in [5.74, 6) is 0. The first-order valence-electron chi connectivity index (χ1n) is 6.25. The lowest BCUT2D eigenvalue weighted by Crippen LogP contribution is -2.19. The fraction of sp³-hybridized carbons (Fsp3) is 0.643. The molecule has 0 unspecified atom stereocenters. The lowest BCUT2D eigenvalue weighted by atomic mass is 10.2. The molecule has 0 N–H and O–H groups in total. The predicted molar refractivity (Wildman–Crippen MR) is 73.8 cm³/mol. The van der Waals surface area contributed by atoms with E-state index >= 15 is 0 Å². The number of hydrogen-bond acceptors (Lipinski definition) is 2. The minimum atomic E-state index is 0.893. The molecule has 0 aromatic heterocycles. The number of unbranched alkanes of at least 4 members (excludes halogenated alkanes) is 1. The van der Waals surface area contributed by atoms with Crippen LogP contribution in [0.5, 0.6) is 0 Å².